The summed E-state index contributed by atoms with van der Waals surface area (Å²) in [5.41, 5.74) is 5.24. The molecule has 0 saturated heterocycles. The molecule has 0 atom stereocenters. The number of anilines is 1. The maximum absolute atomic E-state index is 12.5. The van der Waals surface area contributed by atoms with Crippen LogP contribution in [0.5, 0.6) is 0 Å². The SMILES string of the molecule is Cc1n[nH]c(C)c1CC(=O)N1CCc2ccccc21. The van der Waals surface area contributed by atoms with Gasteiger partial charge in [-0.25, -0.2) is 0 Å². The summed E-state index contributed by atoms with van der Waals surface area (Å²) in [7, 11) is 0. The van der Waals surface area contributed by atoms with Crippen molar-refractivity contribution in [3.8, 4) is 0 Å². The first-order valence-electron chi connectivity index (χ1n) is 6.55. The minimum Gasteiger partial charge on any atom is -0.312 e. The van der Waals surface area contributed by atoms with Gasteiger partial charge in [-0.2, -0.15) is 5.10 Å². The Morgan fingerprint density at radius 3 is 2.89 bits per heavy atom. The Morgan fingerprint density at radius 2 is 2.16 bits per heavy atom. The molecule has 1 N–H and O–H groups in total. The first kappa shape index (κ1) is 12.0. The molecule has 0 aliphatic carbocycles. The van der Waals surface area contributed by atoms with Crippen molar-refractivity contribution in [2.45, 2.75) is 26.7 Å². The number of H-pyrrole nitrogens is 1. The van der Waals surface area contributed by atoms with Crippen molar-refractivity contribution >= 4 is 11.6 Å². The molecule has 0 radical (unpaired) electrons. The predicted octanol–water partition coefficient (Wildman–Crippen LogP) is 2.16. The Morgan fingerprint density at radius 1 is 1.37 bits per heavy atom. The summed E-state index contributed by atoms with van der Waals surface area (Å²) < 4.78 is 0. The number of nitrogens with one attached hydrogen (secondary N) is 1. The van der Waals surface area contributed by atoms with Crippen molar-refractivity contribution in [1.82, 2.24) is 10.2 Å². The quantitative estimate of drug-likeness (QED) is 0.894. The topological polar surface area (TPSA) is 49.0 Å². The van der Waals surface area contributed by atoms with E-state index in [1.165, 1.54) is 5.56 Å². The number of fused-ring (bicyclic) bond motifs is 1. The number of carbonyl (C=O) groups is 1. The standard InChI is InChI=1S/C15H17N3O/c1-10-13(11(2)17-16-10)9-15(19)18-8-7-12-5-3-4-6-14(12)18/h3-6H,7-9H2,1-2H3,(H,16,17). The van der Waals surface area contributed by atoms with E-state index in [-0.39, 0.29) is 5.91 Å². The highest BCUT2D eigenvalue weighted by atomic mass is 16.2. The van der Waals surface area contributed by atoms with Gasteiger partial charge < -0.3 is 4.90 Å². The van der Waals surface area contributed by atoms with Gasteiger partial charge in [0, 0.05) is 23.5 Å². The molecule has 1 aromatic heterocycles. The summed E-state index contributed by atoms with van der Waals surface area (Å²) in [5, 5.41) is 7.08. The number of rotatable bonds is 2. The lowest BCUT2D eigenvalue weighted by Crippen LogP contribution is -2.30. The van der Waals surface area contributed by atoms with Crippen molar-refractivity contribution in [2.75, 3.05) is 11.4 Å². The Labute approximate surface area is 112 Å². The lowest BCUT2D eigenvalue weighted by molar-refractivity contribution is -0.117. The second-order valence-electron chi connectivity index (χ2n) is 5.01. The molecule has 4 nitrogen and oxygen atoms in total. The van der Waals surface area contributed by atoms with E-state index >= 15 is 0 Å². The maximum atomic E-state index is 12.5. The van der Waals surface area contributed by atoms with Crippen LogP contribution < -0.4 is 4.90 Å². The second-order valence-corrected chi connectivity index (χ2v) is 5.01. The summed E-state index contributed by atoms with van der Waals surface area (Å²) in [6.07, 6.45) is 1.37. The van der Waals surface area contributed by atoms with E-state index in [0.717, 1.165) is 35.6 Å². The zero-order valence-corrected chi connectivity index (χ0v) is 11.2. The number of aryl methyl sites for hydroxylation is 2. The van der Waals surface area contributed by atoms with Crippen molar-refractivity contribution in [3.05, 3.63) is 46.8 Å². The van der Waals surface area contributed by atoms with Crippen molar-refractivity contribution < 1.29 is 4.79 Å². The molecule has 2 aromatic rings. The maximum Gasteiger partial charge on any atom is 0.231 e. The highest BCUT2D eigenvalue weighted by molar-refractivity contribution is 5.96. The Balaban J connectivity index is 1.83. The van der Waals surface area contributed by atoms with E-state index in [1.54, 1.807) is 0 Å². The van der Waals surface area contributed by atoms with Crippen LogP contribution >= 0.6 is 0 Å². The number of aromatic nitrogens is 2. The number of carbonyl (C=O) groups excluding carboxylic acids is 1. The lowest BCUT2D eigenvalue weighted by Gasteiger charge is -2.17. The first-order valence-corrected chi connectivity index (χ1v) is 6.55. The van der Waals surface area contributed by atoms with E-state index in [2.05, 4.69) is 16.3 Å². The third-order valence-electron chi connectivity index (χ3n) is 3.80. The molecule has 1 aromatic carbocycles. The van der Waals surface area contributed by atoms with E-state index < -0.39 is 0 Å². The van der Waals surface area contributed by atoms with Gasteiger partial charge in [0.25, 0.3) is 0 Å². The number of para-hydroxylation sites is 1. The summed E-state index contributed by atoms with van der Waals surface area (Å²) in [5.74, 6) is 0.151. The molecule has 3 rings (SSSR count). The molecule has 0 bridgehead atoms. The highest BCUT2D eigenvalue weighted by Crippen LogP contribution is 2.28. The van der Waals surface area contributed by atoms with Gasteiger partial charge in [0.2, 0.25) is 5.91 Å². The number of benzene rings is 1. The Bertz CT molecular complexity index is 611. The van der Waals surface area contributed by atoms with Crippen LogP contribution in [-0.4, -0.2) is 22.6 Å². The molecule has 0 unspecified atom stereocenters. The van der Waals surface area contributed by atoms with Crippen LogP contribution in [0.4, 0.5) is 5.69 Å². The average Bonchev–Trinajstić information content (AvgIpc) is 2.97. The zero-order chi connectivity index (χ0) is 13.4. The van der Waals surface area contributed by atoms with Crippen LogP contribution in [0.25, 0.3) is 0 Å². The number of hydrogen-bond donors (Lipinski definition) is 1. The second kappa shape index (κ2) is 4.53. The molecule has 1 amide bonds. The third kappa shape index (κ3) is 2.03. The fourth-order valence-electron chi connectivity index (χ4n) is 2.68. The Hall–Kier alpha value is -2.10. The number of aromatic amines is 1. The van der Waals surface area contributed by atoms with Crippen LogP contribution in [0.2, 0.25) is 0 Å². The normalized spacial score (nSPS) is 13.7. The highest BCUT2D eigenvalue weighted by Gasteiger charge is 2.25. The summed E-state index contributed by atoms with van der Waals surface area (Å²) in [6, 6.07) is 8.13. The molecule has 0 fully saturated rings. The summed E-state index contributed by atoms with van der Waals surface area (Å²) >= 11 is 0. The van der Waals surface area contributed by atoms with Crippen molar-refractivity contribution in [1.29, 1.82) is 0 Å². The predicted molar refractivity (Wildman–Crippen MR) is 74.3 cm³/mol. The minimum absolute atomic E-state index is 0.151. The molecule has 2 heterocycles. The molecule has 4 heteroatoms. The van der Waals surface area contributed by atoms with Crippen molar-refractivity contribution in [3.63, 3.8) is 0 Å². The largest absolute Gasteiger partial charge is 0.312 e. The van der Waals surface area contributed by atoms with E-state index in [9.17, 15) is 4.79 Å². The van der Waals surface area contributed by atoms with Crippen LogP contribution in [0.1, 0.15) is 22.5 Å². The fourth-order valence-corrected chi connectivity index (χ4v) is 2.68. The number of nitrogens with zero attached hydrogens (tertiary/aromatic N) is 2. The van der Waals surface area contributed by atoms with Crippen molar-refractivity contribution in [2.24, 2.45) is 0 Å². The van der Waals surface area contributed by atoms with E-state index in [1.807, 2.05) is 36.9 Å². The summed E-state index contributed by atoms with van der Waals surface area (Å²) in [4.78, 5) is 14.4. The van der Waals surface area contributed by atoms with E-state index in [0.29, 0.717) is 6.42 Å². The molecule has 0 saturated carbocycles. The van der Waals surface area contributed by atoms with Gasteiger partial charge >= 0.3 is 0 Å². The van der Waals surface area contributed by atoms with Gasteiger partial charge in [0.15, 0.2) is 0 Å². The number of hydrogen-bond acceptors (Lipinski definition) is 2. The minimum atomic E-state index is 0.151. The Kier molecular flexibility index (Phi) is 2.85. The fraction of sp³-hybridized carbons (Fsp3) is 0.333. The van der Waals surface area contributed by atoms with E-state index in [4.69, 9.17) is 0 Å². The van der Waals surface area contributed by atoms with Crippen LogP contribution in [-0.2, 0) is 17.6 Å². The molecule has 1 aliphatic heterocycles. The van der Waals surface area contributed by atoms with Gasteiger partial charge in [0.05, 0.1) is 12.1 Å². The van der Waals surface area contributed by atoms with Gasteiger partial charge in [0.1, 0.15) is 0 Å². The molecular formula is C15H17N3O. The average molecular weight is 255 g/mol. The zero-order valence-electron chi connectivity index (χ0n) is 11.2. The molecule has 1 aliphatic rings. The first-order chi connectivity index (χ1) is 9.16. The van der Waals surface area contributed by atoms with Gasteiger partial charge in [-0.3, -0.25) is 9.89 Å². The van der Waals surface area contributed by atoms with Gasteiger partial charge in [-0.05, 0) is 31.9 Å². The molecular weight excluding hydrogens is 238 g/mol. The molecule has 0 spiro atoms. The van der Waals surface area contributed by atoms with Crippen LogP contribution in [0.3, 0.4) is 0 Å². The smallest absolute Gasteiger partial charge is 0.231 e. The summed E-state index contributed by atoms with van der Waals surface area (Å²) in [6.45, 7) is 4.68. The van der Waals surface area contributed by atoms with Crippen LogP contribution in [0, 0.1) is 13.8 Å². The van der Waals surface area contributed by atoms with Gasteiger partial charge in [-0.15, -0.1) is 0 Å². The monoisotopic (exact) mass is 255 g/mol. The number of amides is 1. The van der Waals surface area contributed by atoms with Crippen LogP contribution in [0.15, 0.2) is 24.3 Å². The molecule has 19 heavy (non-hydrogen) atoms. The van der Waals surface area contributed by atoms with Gasteiger partial charge in [-0.1, -0.05) is 18.2 Å². The lowest BCUT2D eigenvalue weighted by atomic mass is 10.1. The third-order valence-corrected chi connectivity index (χ3v) is 3.80. The molecule has 98 valence electrons.